The summed E-state index contributed by atoms with van der Waals surface area (Å²) in [6.45, 7) is 1.98. The average Bonchev–Trinajstić information content (AvgIpc) is 3.45. The molecule has 0 bridgehead atoms. The summed E-state index contributed by atoms with van der Waals surface area (Å²) in [5.74, 6) is -0.607. The molecule has 1 aliphatic heterocycles. The van der Waals surface area contributed by atoms with E-state index in [2.05, 4.69) is 10.3 Å². The highest BCUT2D eigenvalue weighted by Gasteiger charge is 2.46. The fourth-order valence-electron chi connectivity index (χ4n) is 3.01. The third-order valence-corrected chi connectivity index (χ3v) is 5.79. The molecule has 0 spiro atoms. The number of thioether (sulfide) groups is 1. The minimum Gasteiger partial charge on any atom is -0.326 e. The number of hydrogen-bond acceptors (Lipinski definition) is 4. The number of benzene rings is 2. The molecular formula is C21H20FN3O2S. The van der Waals surface area contributed by atoms with Crippen molar-refractivity contribution in [2.24, 2.45) is 4.99 Å². The summed E-state index contributed by atoms with van der Waals surface area (Å²) in [6.07, 6.45) is 1.97. The van der Waals surface area contributed by atoms with Gasteiger partial charge in [0.25, 0.3) is 0 Å². The Labute approximate surface area is 167 Å². The fourth-order valence-corrected chi connectivity index (χ4v) is 4.22. The zero-order valence-electron chi connectivity index (χ0n) is 15.4. The van der Waals surface area contributed by atoms with E-state index in [0.717, 1.165) is 18.4 Å². The van der Waals surface area contributed by atoms with E-state index in [9.17, 15) is 14.0 Å². The molecule has 1 saturated heterocycles. The number of anilines is 1. The Hall–Kier alpha value is -2.67. The highest BCUT2D eigenvalue weighted by molar-refractivity contribution is 8.15. The van der Waals surface area contributed by atoms with Gasteiger partial charge in [-0.1, -0.05) is 29.5 Å². The number of carbonyl (C=O) groups is 2. The number of hydrogen-bond donors (Lipinski definition) is 1. The molecule has 2 aliphatic rings. The minimum atomic E-state index is -0.495. The maximum atomic E-state index is 13.1. The molecule has 1 saturated carbocycles. The molecule has 144 valence electrons. The molecule has 2 aromatic carbocycles. The molecule has 1 heterocycles. The van der Waals surface area contributed by atoms with Crippen molar-refractivity contribution in [3.8, 4) is 0 Å². The molecule has 2 aromatic rings. The number of amides is 2. The first kappa shape index (κ1) is 18.7. The van der Waals surface area contributed by atoms with Crippen LogP contribution < -0.4 is 5.32 Å². The molecule has 1 aliphatic carbocycles. The average molecular weight is 397 g/mol. The number of carbonyl (C=O) groups excluding carboxylic acids is 2. The monoisotopic (exact) mass is 397 g/mol. The molecule has 2 fully saturated rings. The summed E-state index contributed by atoms with van der Waals surface area (Å²) in [6, 6.07) is 13.5. The zero-order valence-corrected chi connectivity index (χ0v) is 16.2. The highest BCUT2D eigenvalue weighted by Crippen LogP contribution is 2.39. The Morgan fingerprint density at radius 3 is 2.50 bits per heavy atom. The normalized spacial score (nSPS) is 20.6. The van der Waals surface area contributed by atoms with Gasteiger partial charge in [0.15, 0.2) is 5.17 Å². The summed E-state index contributed by atoms with van der Waals surface area (Å²) in [7, 11) is 0. The van der Waals surface area contributed by atoms with E-state index in [1.807, 2.05) is 31.2 Å². The van der Waals surface area contributed by atoms with Crippen LogP contribution in [0.1, 0.15) is 24.8 Å². The Kier molecular flexibility index (Phi) is 5.17. The summed E-state index contributed by atoms with van der Waals surface area (Å²) < 4.78 is 13.1. The minimum absolute atomic E-state index is 0.0765. The van der Waals surface area contributed by atoms with Crippen molar-refractivity contribution >= 4 is 40.1 Å². The number of aliphatic imine (C=N–C) groups is 1. The van der Waals surface area contributed by atoms with Gasteiger partial charge in [-0.25, -0.2) is 9.38 Å². The first-order chi connectivity index (χ1) is 13.5. The molecule has 2 amide bonds. The fraction of sp³-hybridized carbons (Fsp3) is 0.286. The third-order valence-electron chi connectivity index (χ3n) is 4.64. The van der Waals surface area contributed by atoms with Crippen LogP contribution in [0.2, 0.25) is 0 Å². The summed E-state index contributed by atoms with van der Waals surface area (Å²) in [5, 5.41) is 2.94. The second-order valence-corrected chi connectivity index (χ2v) is 8.20. The van der Waals surface area contributed by atoms with Crippen LogP contribution in [0.3, 0.4) is 0 Å². The van der Waals surface area contributed by atoms with E-state index in [4.69, 9.17) is 0 Å². The lowest BCUT2D eigenvalue weighted by Gasteiger charge is -2.15. The summed E-state index contributed by atoms with van der Waals surface area (Å²) >= 11 is 1.31. The SMILES string of the molecule is Cc1ccc(NC(=O)C[C@H]2SC(=Nc3ccc(F)cc3)N(C3CC3)C2=O)cc1. The van der Waals surface area contributed by atoms with Crippen molar-refractivity contribution in [3.05, 3.63) is 59.9 Å². The Balaban J connectivity index is 1.47. The number of nitrogens with zero attached hydrogens (tertiary/aromatic N) is 2. The third kappa shape index (κ3) is 4.25. The molecule has 1 atom stereocenters. The van der Waals surface area contributed by atoms with Gasteiger partial charge in [-0.05, 0) is 56.2 Å². The van der Waals surface area contributed by atoms with Gasteiger partial charge in [-0.15, -0.1) is 0 Å². The topological polar surface area (TPSA) is 61.8 Å². The van der Waals surface area contributed by atoms with Crippen LogP contribution >= 0.6 is 11.8 Å². The molecular weight excluding hydrogens is 377 g/mol. The van der Waals surface area contributed by atoms with Gasteiger partial charge in [0.2, 0.25) is 11.8 Å². The van der Waals surface area contributed by atoms with E-state index in [0.29, 0.717) is 16.5 Å². The van der Waals surface area contributed by atoms with Gasteiger partial charge in [0.1, 0.15) is 11.1 Å². The summed E-state index contributed by atoms with van der Waals surface area (Å²) in [4.78, 5) is 31.5. The number of rotatable bonds is 5. The molecule has 0 aromatic heterocycles. The Morgan fingerprint density at radius 1 is 1.18 bits per heavy atom. The van der Waals surface area contributed by atoms with Gasteiger partial charge < -0.3 is 5.32 Å². The van der Waals surface area contributed by atoms with Crippen LogP contribution in [0.25, 0.3) is 0 Å². The quantitative estimate of drug-likeness (QED) is 0.820. The maximum Gasteiger partial charge on any atom is 0.242 e. The van der Waals surface area contributed by atoms with Crippen molar-refractivity contribution < 1.29 is 14.0 Å². The number of aryl methyl sites for hydroxylation is 1. The van der Waals surface area contributed by atoms with Crippen LogP contribution in [0.15, 0.2) is 53.5 Å². The van der Waals surface area contributed by atoms with Crippen molar-refractivity contribution in [2.75, 3.05) is 5.32 Å². The van der Waals surface area contributed by atoms with Crippen molar-refractivity contribution in [2.45, 2.75) is 37.5 Å². The van der Waals surface area contributed by atoms with Crippen molar-refractivity contribution in [1.82, 2.24) is 4.90 Å². The Morgan fingerprint density at radius 2 is 1.86 bits per heavy atom. The molecule has 5 nitrogen and oxygen atoms in total. The van der Waals surface area contributed by atoms with Crippen molar-refractivity contribution in [3.63, 3.8) is 0 Å². The van der Waals surface area contributed by atoms with Gasteiger partial charge in [-0.2, -0.15) is 0 Å². The number of halogens is 1. The molecule has 0 unspecified atom stereocenters. The van der Waals surface area contributed by atoms with Gasteiger partial charge in [0.05, 0.1) is 5.69 Å². The zero-order chi connectivity index (χ0) is 19.7. The van der Waals surface area contributed by atoms with Crippen LogP contribution in [0.4, 0.5) is 15.8 Å². The maximum absolute atomic E-state index is 13.1. The number of amidine groups is 1. The molecule has 28 heavy (non-hydrogen) atoms. The van der Waals surface area contributed by atoms with E-state index < -0.39 is 5.25 Å². The van der Waals surface area contributed by atoms with Gasteiger partial charge in [-0.3, -0.25) is 14.5 Å². The number of nitrogens with one attached hydrogen (secondary N) is 1. The second kappa shape index (κ2) is 7.75. The van der Waals surface area contributed by atoms with Crippen molar-refractivity contribution in [1.29, 1.82) is 0 Å². The van der Waals surface area contributed by atoms with E-state index in [1.165, 1.54) is 23.9 Å². The lowest BCUT2D eigenvalue weighted by Crippen LogP contribution is -2.35. The lowest BCUT2D eigenvalue weighted by molar-refractivity contribution is -0.128. The summed E-state index contributed by atoms with van der Waals surface area (Å²) in [5.41, 5.74) is 2.42. The standard InChI is InChI=1S/C21H20FN3O2S/c1-13-2-6-15(7-3-13)23-19(26)12-18-20(27)25(17-10-11-17)21(28-18)24-16-8-4-14(22)5-9-16/h2-9,17-18H,10-12H2,1H3,(H,23,26)/t18-/m1/s1. The molecule has 7 heteroatoms. The smallest absolute Gasteiger partial charge is 0.242 e. The predicted octanol–water partition coefficient (Wildman–Crippen LogP) is 4.26. The van der Waals surface area contributed by atoms with Crippen LogP contribution in [-0.4, -0.2) is 33.2 Å². The van der Waals surface area contributed by atoms with Crippen LogP contribution in [-0.2, 0) is 9.59 Å². The van der Waals surface area contributed by atoms with E-state index in [1.54, 1.807) is 17.0 Å². The first-order valence-corrected chi connectivity index (χ1v) is 10.1. The molecule has 1 N–H and O–H groups in total. The van der Waals surface area contributed by atoms with E-state index in [-0.39, 0.29) is 30.1 Å². The van der Waals surface area contributed by atoms with Crippen LogP contribution in [0.5, 0.6) is 0 Å². The van der Waals surface area contributed by atoms with Gasteiger partial charge in [0, 0.05) is 18.2 Å². The first-order valence-electron chi connectivity index (χ1n) is 9.20. The van der Waals surface area contributed by atoms with Crippen LogP contribution in [0, 0.1) is 12.7 Å². The molecule has 0 radical (unpaired) electrons. The second-order valence-electron chi connectivity index (χ2n) is 7.04. The predicted molar refractivity (Wildman–Crippen MR) is 109 cm³/mol. The van der Waals surface area contributed by atoms with E-state index >= 15 is 0 Å². The lowest BCUT2D eigenvalue weighted by atomic mass is 10.2. The largest absolute Gasteiger partial charge is 0.326 e. The molecule has 4 rings (SSSR count). The van der Waals surface area contributed by atoms with Gasteiger partial charge >= 0.3 is 0 Å². The highest BCUT2D eigenvalue weighted by atomic mass is 32.2. The Bertz CT molecular complexity index is 924.